The summed E-state index contributed by atoms with van der Waals surface area (Å²) in [5.41, 5.74) is 13.7. The minimum Gasteiger partial charge on any atom is -0.325 e. The summed E-state index contributed by atoms with van der Waals surface area (Å²) in [4.78, 5) is 0. The van der Waals surface area contributed by atoms with Gasteiger partial charge < -0.3 is 11.5 Å². The van der Waals surface area contributed by atoms with Gasteiger partial charge in [0.2, 0.25) is 0 Å². The maximum absolute atomic E-state index is 6.92. The zero-order chi connectivity index (χ0) is 13.9. The van der Waals surface area contributed by atoms with Gasteiger partial charge in [0.15, 0.2) is 0 Å². The van der Waals surface area contributed by atoms with Gasteiger partial charge in [-0.3, -0.25) is 0 Å². The second-order valence-electron chi connectivity index (χ2n) is 7.49. The van der Waals surface area contributed by atoms with Gasteiger partial charge in [0.25, 0.3) is 0 Å². The summed E-state index contributed by atoms with van der Waals surface area (Å²) in [7, 11) is 0. The van der Waals surface area contributed by atoms with Crippen LogP contribution in [0.3, 0.4) is 0 Å². The van der Waals surface area contributed by atoms with Gasteiger partial charge in [-0.1, -0.05) is 52.4 Å². The van der Waals surface area contributed by atoms with E-state index in [4.69, 9.17) is 11.5 Å². The van der Waals surface area contributed by atoms with E-state index in [1.165, 1.54) is 64.2 Å². The van der Waals surface area contributed by atoms with Crippen LogP contribution in [0.15, 0.2) is 0 Å². The number of rotatable bonds is 4. The molecule has 0 amide bonds. The normalized spacial score (nSPS) is 39.2. The molecule has 0 aromatic rings. The third-order valence-electron chi connectivity index (χ3n) is 6.01. The van der Waals surface area contributed by atoms with Crippen LogP contribution in [0.25, 0.3) is 0 Å². The molecule has 4 N–H and O–H groups in total. The van der Waals surface area contributed by atoms with Gasteiger partial charge in [0.05, 0.1) is 0 Å². The molecule has 0 aromatic carbocycles. The molecule has 2 aliphatic rings. The lowest BCUT2D eigenvalue weighted by Gasteiger charge is -2.49. The highest BCUT2D eigenvalue weighted by Gasteiger charge is 2.44. The highest BCUT2D eigenvalue weighted by molar-refractivity contribution is 5.03. The molecule has 2 saturated carbocycles. The third kappa shape index (κ3) is 3.52. The van der Waals surface area contributed by atoms with Crippen molar-refractivity contribution >= 4 is 0 Å². The molecular weight excluding hydrogens is 232 g/mol. The van der Waals surface area contributed by atoms with Crippen molar-refractivity contribution in [2.75, 3.05) is 0 Å². The summed E-state index contributed by atoms with van der Waals surface area (Å²) in [6.45, 7) is 4.62. The van der Waals surface area contributed by atoms with E-state index >= 15 is 0 Å². The fourth-order valence-electron chi connectivity index (χ4n) is 4.79. The van der Waals surface area contributed by atoms with Crippen LogP contribution >= 0.6 is 0 Å². The van der Waals surface area contributed by atoms with E-state index in [1.807, 2.05) is 0 Å². The Balaban J connectivity index is 2.07. The number of hydrogen-bond acceptors (Lipinski definition) is 2. The van der Waals surface area contributed by atoms with Gasteiger partial charge in [0, 0.05) is 11.1 Å². The van der Waals surface area contributed by atoms with Crippen molar-refractivity contribution in [3.63, 3.8) is 0 Å². The SMILES string of the molecule is CCC1CCC(CC)C(N)(CC2(N)CCCCC2)C1. The van der Waals surface area contributed by atoms with Gasteiger partial charge >= 0.3 is 0 Å². The van der Waals surface area contributed by atoms with Crippen molar-refractivity contribution in [1.29, 1.82) is 0 Å². The Morgan fingerprint density at radius 2 is 1.63 bits per heavy atom. The summed E-state index contributed by atoms with van der Waals surface area (Å²) < 4.78 is 0. The van der Waals surface area contributed by atoms with Crippen LogP contribution < -0.4 is 11.5 Å². The standard InChI is InChI=1S/C17H34N2/c1-3-14-8-9-15(4-2)17(19,12-14)13-16(18)10-6-5-7-11-16/h14-15H,3-13,18-19H2,1-2H3. The average molecular weight is 266 g/mol. The smallest absolute Gasteiger partial charge is 0.0202 e. The monoisotopic (exact) mass is 266 g/mol. The van der Waals surface area contributed by atoms with Crippen LogP contribution in [0, 0.1) is 11.8 Å². The van der Waals surface area contributed by atoms with Crippen LogP contribution in [0.4, 0.5) is 0 Å². The third-order valence-corrected chi connectivity index (χ3v) is 6.01. The van der Waals surface area contributed by atoms with Crippen LogP contribution in [-0.4, -0.2) is 11.1 Å². The zero-order valence-corrected chi connectivity index (χ0v) is 13.1. The highest BCUT2D eigenvalue weighted by atomic mass is 14.8. The minimum absolute atomic E-state index is 0.0137. The summed E-state index contributed by atoms with van der Waals surface area (Å²) in [5, 5.41) is 0. The first kappa shape index (κ1) is 15.3. The molecule has 112 valence electrons. The minimum atomic E-state index is 0.0137. The molecular formula is C17H34N2. The molecule has 0 saturated heterocycles. The fraction of sp³-hybridized carbons (Fsp3) is 1.00. The van der Waals surface area contributed by atoms with E-state index in [2.05, 4.69) is 13.8 Å². The molecule has 2 rings (SSSR count). The van der Waals surface area contributed by atoms with Crippen LogP contribution in [0.1, 0.15) is 84.5 Å². The molecule has 0 aliphatic heterocycles. The van der Waals surface area contributed by atoms with Crippen LogP contribution in [0.5, 0.6) is 0 Å². The molecule has 2 heteroatoms. The summed E-state index contributed by atoms with van der Waals surface area (Å²) in [5.74, 6) is 1.53. The Bertz CT molecular complexity index is 283. The van der Waals surface area contributed by atoms with Gasteiger partial charge in [0.1, 0.15) is 0 Å². The first-order valence-corrected chi connectivity index (χ1v) is 8.59. The molecule has 3 unspecified atom stereocenters. The van der Waals surface area contributed by atoms with E-state index in [1.54, 1.807) is 0 Å². The highest BCUT2D eigenvalue weighted by Crippen LogP contribution is 2.44. The van der Waals surface area contributed by atoms with Gasteiger partial charge in [-0.15, -0.1) is 0 Å². The van der Waals surface area contributed by atoms with Gasteiger partial charge in [-0.25, -0.2) is 0 Å². The summed E-state index contributed by atoms with van der Waals surface area (Å²) >= 11 is 0. The lowest BCUT2D eigenvalue weighted by Crippen LogP contribution is -2.58. The van der Waals surface area contributed by atoms with E-state index in [9.17, 15) is 0 Å². The average Bonchev–Trinajstić information content (AvgIpc) is 2.38. The Labute approximate surface area is 119 Å². The lowest BCUT2D eigenvalue weighted by atomic mass is 9.61. The Kier molecular flexibility index (Phi) is 4.94. The maximum Gasteiger partial charge on any atom is 0.0202 e. The molecule has 3 atom stereocenters. The van der Waals surface area contributed by atoms with Crippen molar-refractivity contribution in [1.82, 2.24) is 0 Å². The second kappa shape index (κ2) is 6.13. The predicted molar refractivity (Wildman–Crippen MR) is 83.0 cm³/mol. The van der Waals surface area contributed by atoms with Crippen molar-refractivity contribution in [3.8, 4) is 0 Å². The second-order valence-corrected chi connectivity index (χ2v) is 7.49. The van der Waals surface area contributed by atoms with Crippen molar-refractivity contribution in [3.05, 3.63) is 0 Å². The van der Waals surface area contributed by atoms with Crippen molar-refractivity contribution in [2.24, 2.45) is 23.3 Å². The Morgan fingerprint density at radius 1 is 0.947 bits per heavy atom. The van der Waals surface area contributed by atoms with Crippen molar-refractivity contribution in [2.45, 2.75) is 95.6 Å². The first-order valence-electron chi connectivity index (χ1n) is 8.59. The molecule has 0 spiro atoms. The van der Waals surface area contributed by atoms with E-state index in [0.717, 1.165) is 12.3 Å². The molecule has 2 nitrogen and oxygen atoms in total. The largest absolute Gasteiger partial charge is 0.325 e. The molecule has 0 bridgehead atoms. The lowest BCUT2D eigenvalue weighted by molar-refractivity contribution is 0.0874. The maximum atomic E-state index is 6.92. The summed E-state index contributed by atoms with van der Waals surface area (Å²) in [6, 6.07) is 0. The van der Waals surface area contributed by atoms with E-state index in [-0.39, 0.29) is 11.1 Å². The Morgan fingerprint density at radius 3 is 2.21 bits per heavy atom. The fourth-order valence-corrected chi connectivity index (χ4v) is 4.79. The van der Waals surface area contributed by atoms with Gasteiger partial charge in [-0.2, -0.15) is 0 Å². The number of hydrogen-bond donors (Lipinski definition) is 2. The topological polar surface area (TPSA) is 52.0 Å². The quantitative estimate of drug-likeness (QED) is 0.809. The van der Waals surface area contributed by atoms with Crippen molar-refractivity contribution < 1.29 is 0 Å². The molecule has 2 fully saturated rings. The molecule has 19 heavy (non-hydrogen) atoms. The van der Waals surface area contributed by atoms with E-state index in [0.29, 0.717) is 5.92 Å². The molecule has 2 aliphatic carbocycles. The molecule has 0 heterocycles. The zero-order valence-electron chi connectivity index (χ0n) is 13.1. The van der Waals surface area contributed by atoms with Crippen LogP contribution in [0.2, 0.25) is 0 Å². The van der Waals surface area contributed by atoms with Gasteiger partial charge in [-0.05, 0) is 43.9 Å². The molecule has 0 aromatic heterocycles. The van der Waals surface area contributed by atoms with Crippen LogP contribution in [-0.2, 0) is 0 Å². The first-order chi connectivity index (χ1) is 9.01. The molecule has 0 radical (unpaired) electrons. The Hall–Kier alpha value is -0.0800. The van der Waals surface area contributed by atoms with E-state index < -0.39 is 0 Å². The summed E-state index contributed by atoms with van der Waals surface area (Å²) in [6.07, 6.45) is 13.9. The number of nitrogens with two attached hydrogens (primary N) is 2. The predicted octanol–water partition coefficient (Wildman–Crippen LogP) is 3.97.